The molecule has 2 rings (SSSR count). The summed E-state index contributed by atoms with van der Waals surface area (Å²) >= 11 is 1.19. The van der Waals surface area contributed by atoms with Crippen molar-refractivity contribution in [1.29, 1.82) is 0 Å². The van der Waals surface area contributed by atoms with Crippen molar-refractivity contribution >= 4 is 23.6 Å². The molecule has 0 unspecified atom stereocenters. The zero-order valence-corrected chi connectivity index (χ0v) is 13.5. The molecule has 0 aromatic carbocycles. The molecule has 22 heavy (non-hydrogen) atoms. The Bertz CT molecular complexity index is 710. The number of carbonyl (C=O) groups is 1. The molecule has 0 aliphatic heterocycles. The first-order chi connectivity index (χ1) is 10.5. The van der Waals surface area contributed by atoms with Crippen LogP contribution in [0.5, 0.6) is 0 Å². The molecule has 7 nitrogen and oxygen atoms in total. The van der Waals surface area contributed by atoms with E-state index in [2.05, 4.69) is 20.4 Å². The van der Waals surface area contributed by atoms with Gasteiger partial charge in [0.1, 0.15) is 0 Å². The van der Waals surface area contributed by atoms with Gasteiger partial charge >= 0.3 is 0 Å². The van der Waals surface area contributed by atoms with Gasteiger partial charge in [0.15, 0.2) is 5.16 Å². The molecule has 2 aromatic heterocycles. The van der Waals surface area contributed by atoms with Crippen LogP contribution in [0.2, 0.25) is 0 Å². The van der Waals surface area contributed by atoms with Gasteiger partial charge < -0.3 is 9.51 Å². The molecule has 2 heterocycles. The standard InChI is InChI=1S/C14H18N4O3S/c1-4-5-10-7-11(19)16-14(15-10)22-9(3)13(20)17-12-6-8(2)18-21-12/h6-7,9H,4-5H2,1-3H3,(H,17,20)(H,15,16,19)/t9-/m0/s1. The van der Waals surface area contributed by atoms with Crippen LogP contribution in [0.1, 0.15) is 31.7 Å². The van der Waals surface area contributed by atoms with Crippen LogP contribution in [0.15, 0.2) is 26.6 Å². The third kappa shape index (κ3) is 4.45. The highest BCUT2D eigenvalue weighted by atomic mass is 32.2. The fourth-order valence-corrected chi connectivity index (χ4v) is 2.62. The van der Waals surface area contributed by atoms with Gasteiger partial charge in [-0.3, -0.25) is 14.9 Å². The first kappa shape index (κ1) is 16.3. The number of nitrogens with one attached hydrogen (secondary N) is 2. The van der Waals surface area contributed by atoms with Crippen LogP contribution in [0.3, 0.4) is 0 Å². The van der Waals surface area contributed by atoms with E-state index in [1.807, 2.05) is 6.92 Å². The van der Waals surface area contributed by atoms with E-state index in [4.69, 9.17) is 4.52 Å². The zero-order chi connectivity index (χ0) is 16.1. The highest BCUT2D eigenvalue weighted by molar-refractivity contribution is 8.00. The molecule has 118 valence electrons. The Morgan fingerprint density at radius 1 is 1.50 bits per heavy atom. The van der Waals surface area contributed by atoms with Gasteiger partial charge in [0.2, 0.25) is 11.8 Å². The van der Waals surface area contributed by atoms with Gasteiger partial charge in [-0.15, -0.1) is 0 Å². The molecule has 2 aromatic rings. The number of aromatic amines is 1. The number of H-pyrrole nitrogens is 1. The van der Waals surface area contributed by atoms with E-state index in [0.717, 1.165) is 18.5 Å². The largest absolute Gasteiger partial charge is 0.338 e. The van der Waals surface area contributed by atoms with Crippen molar-refractivity contribution in [2.75, 3.05) is 5.32 Å². The fourth-order valence-electron chi connectivity index (χ4n) is 1.79. The molecule has 0 aliphatic rings. The Labute approximate surface area is 131 Å². The lowest BCUT2D eigenvalue weighted by Crippen LogP contribution is -2.23. The van der Waals surface area contributed by atoms with Crippen molar-refractivity contribution in [3.05, 3.63) is 33.9 Å². The van der Waals surface area contributed by atoms with Gasteiger partial charge in [0, 0.05) is 17.8 Å². The average Bonchev–Trinajstić information content (AvgIpc) is 2.83. The van der Waals surface area contributed by atoms with E-state index in [1.165, 1.54) is 17.8 Å². The quantitative estimate of drug-likeness (QED) is 0.624. The molecule has 0 spiro atoms. The van der Waals surface area contributed by atoms with E-state index < -0.39 is 5.25 Å². The Balaban J connectivity index is 2.03. The molecule has 0 saturated carbocycles. The second-order valence-corrected chi connectivity index (χ2v) is 6.20. The van der Waals surface area contributed by atoms with Crippen LogP contribution in [-0.2, 0) is 11.2 Å². The third-order valence-corrected chi connectivity index (χ3v) is 3.80. The summed E-state index contributed by atoms with van der Waals surface area (Å²) in [5, 5.41) is 6.33. The topological polar surface area (TPSA) is 101 Å². The van der Waals surface area contributed by atoms with Crippen molar-refractivity contribution in [2.45, 2.75) is 44.0 Å². The molecule has 0 saturated heterocycles. The van der Waals surface area contributed by atoms with Gasteiger partial charge in [-0.2, -0.15) is 0 Å². The van der Waals surface area contributed by atoms with Crippen LogP contribution in [0, 0.1) is 6.92 Å². The number of rotatable bonds is 6. The third-order valence-electron chi connectivity index (χ3n) is 2.81. The van der Waals surface area contributed by atoms with Crippen LogP contribution in [-0.4, -0.2) is 26.3 Å². The number of hydrogen-bond donors (Lipinski definition) is 2. The molecule has 1 atom stereocenters. The monoisotopic (exact) mass is 322 g/mol. The Hall–Kier alpha value is -2.09. The van der Waals surface area contributed by atoms with E-state index in [0.29, 0.717) is 16.7 Å². The number of aryl methyl sites for hydroxylation is 2. The first-order valence-electron chi connectivity index (χ1n) is 6.99. The smallest absolute Gasteiger partial charge is 0.251 e. The first-order valence-corrected chi connectivity index (χ1v) is 7.87. The van der Waals surface area contributed by atoms with E-state index >= 15 is 0 Å². The molecular formula is C14H18N4O3S. The van der Waals surface area contributed by atoms with Crippen molar-refractivity contribution in [3.63, 3.8) is 0 Å². The molecule has 8 heteroatoms. The summed E-state index contributed by atoms with van der Waals surface area (Å²) in [5.41, 5.74) is 1.21. The van der Waals surface area contributed by atoms with Crippen LogP contribution >= 0.6 is 11.8 Å². The molecule has 0 fully saturated rings. The maximum Gasteiger partial charge on any atom is 0.251 e. The number of aromatic nitrogens is 3. The van der Waals surface area contributed by atoms with Crippen LogP contribution in [0.4, 0.5) is 5.88 Å². The minimum absolute atomic E-state index is 0.209. The Kier molecular flexibility index (Phi) is 5.37. The van der Waals surface area contributed by atoms with Crippen molar-refractivity contribution in [2.24, 2.45) is 0 Å². The minimum Gasteiger partial charge on any atom is -0.338 e. The van der Waals surface area contributed by atoms with Gasteiger partial charge in [-0.1, -0.05) is 30.3 Å². The maximum atomic E-state index is 12.1. The lowest BCUT2D eigenvalue weighted by molar-refractivity contribution is -0.115. The van der Waals surface area contributed by atoms with E-state index in [-0.39, 0.29) is 11.5 Å². The number of carbonyl (C=O) groups excluding carboxylic acids is 1. The SMILES string of the molecule is CCCc1cc(=O)[nH]c(S[C@@H](C)C(=O)Nc2cc(C)no2)n1. The summed E-state index contributed by atoms with van der Waals surface area (Å²) in [6.45, 7) is 5.52. The molecule has 0 radical (unpaired) electrons. The second-order valence-electron chi connectivity index (χ2n) is 4.87. The summed E-state index contributed by atoms with van der Waals surface area (Å²) < 4.78 is 4.94. The molecular weight excluding hydrogens is 304 g/mol. The summed E-state index contributed by atoms with van der Waals surface area (Å²) in [6.07, 6.45) is 1.64. The van der Waals surface area contributed by atoms with E-state index in [1.54, 1.807) is 19.9 Å². The van der Waals surface area contributed by atoms with Gasteiger partial charge in [-0.25, -0.2) is 4.98 Å². The van der Waals surface area contributed by atoms with Gasteiger partial charge in [0.25, 0.3) is 5.56 Å². The molecule has 0 bridgehead atoms. The van der Waals surface area contributed by atoms with Crippen molar-refractivity contribution < 1.29 is 9.32 Å². The van der Waals surface area contributed by atoms with Gasteiger partial charge in [0.05, 0.1) is 10.9 Å². The summed E-state index contributed by atoms with van der Waals surface area (Å²) in [5.74, 6) is 0.0563. The van der Waals surface area contributed by atoms with E-state index in [9.17, 15) is 9.59 Å². The normalized spacial score (nSPS) is 12.1. The lowest BCUT2D eigenvalue weighted by Gasteiger charge is -2.10. The predicted molar refractivity (Wildman–Crippen MR) is 84.0 cm³/mol. The minimum atomic E-state index is -0.439. The summed E-state index contributed by atoms with van der Waals surface area (Å²) in [7, 11) is 0. The zero-order valence-electron chi connectivity index (χ0n) is 12.7. The second kappa shape index (κ2) is 7.26. The number of nitrogens with zero attached hydrogens (tertiary/aromatic N) is 2. The Morgan fingerprint density at radius 2 is 2.27 bits per heavy atom. The summed E-state index contributed by atoms with van der Waals surface area (Å²) in [4.78, 5) is 30.7. The summed E-state index contributed by atoms with van der Waals surface area (Å²) in [6, 6.07) is 3.12. The fraction of sp³-hybridized carbons (Fsp3) is 0.429. The number of amides is 1. The highest BCUT2D eigenvalue weighted by Crippen LogP contribution is 2.20. The molecule has 1 amide bonds. The predicted octanol–water partition coefficient (Wildman–Crippen LogP) is 2.14. The Morgan fingerprint density at radius 3 is 2.91 bits per heavy atom. The maximum absolute atomic E-state index is 12.1. The van der Waals surface area contributed by atoms with Crippen LogP contribution in [0.25, 0.3) is 0 Å². The van der Waals surface area contributed by atoms with Crippen LogP contribution < -0.4 is 10.9 Å². The van der Waals surface area contributed by atoms with Crippen molar-refractivity contribution in [3.8, 4) is 0 Å². The highest BCUT2D eigenvalue weighted by Gasteiger charge is 2.18. The number of anilines is 1. The van der Waals surface area contributed by atoms with Crippen molar-refractivity contribution in [1.82, 2.24) is 15.1 Å². The number of thioether (sulfide) groups is 1. The molecule has 2 N–H and O–H groups in total. The lowest BCUT2D eigenvalue weighted by atomic mass is 10.2. The molecule has 0 aliphatic carbocycles. The number of hydrogen-bond acceptors (Lipinski definition) is 6. The average molecular weight is 322 g/mol. The van der Waals surface area contributed by atoms with Gasteiger partial charge in [-0.05, 0) is 20.3 Å².